The number of amides is 1. The van der Waals surface area contributed by atoms with Gasteiger partial charge in [0.1, 0.15) is 11.5 Å². The zero-order chi connectivity index (χ0) is 14.4. The number of rotatable bonds is 3. The van der Waals surface area contributed by atoms with E-state index >= 15 is 0 Å². The Labute approximate surface area is 107 Å². The van der Waals surface area contributed by atoms with Crippen molar-refractivity contribution in [3.63, 3.8) is 0 Å². The van der Waals surface area contributed by atoms with Gasteiger partial charge in [0.15, 0.2) is 0 Å². The van der Waals surface area contributed by atoms with Crippen molar-refractivity contribution in [2.75, 3.05) is 0 Å². The van der Waals surface area contributed by atoms with Gasteiger partial charge >= 0.3 is 11.9 Å². The van der Waals surface area contributed by atoms with Gasteiger partial charge in [0.05, 0.1) is 0 Å². The molecule has 0 heterocycles. The average Bonchev–Trinajstić information content (AvgIpc) is 2.26. The molecule has 0 radical (unpaired) electrons. The summed E-state index contributed by atoms with van der Waals surface area (Å²) in [7, 11) is 0. The second-order valence-corrected chi connectivity index (χ2v) is 3.39. The van der Waals surface area contributed by atoms with E-state index in [1.807, 2.05) is 0 Å². The molecule has 1 aromatic rings. The Bertz CT molecular complexity index is 552. The van der Waals surface area contributed by atoms with Crippen molar-refractivity contribution in [2.45, 2.75) is 13.8 Å². The normalized spacial score (nSPS) is 9.16. The highest BCUT2D eigenvalue weighted by molar-refractivity contribution is 5.98. The fourth-order valence-corrected chi connectivity index (χ4v) is 1.25. The number of nitrogens with zero attached hydrogens (tertiary/aromatic N) is 1. The second-order valence-electron chi connectivity index (χ2n) is 3.39. The van der Waals surface area contributed by atoms with Gasteiger partial charge in [0.25, 0.3) is 5.91 Å². The molecule has 0 bridgehead atoms. The lowest BCUT2D eigenvalue weighted by atomic mass is 10.2. The van der Waals surface area contributed by atoms with E-state index in [-0.39, 0.29) is 17.1 Å². The fraction of sp³-hybridized carbons (Fsp3) is 0.167. The number of aliphatic imine (C=N–C) groups is 1. The van der Waals surface area contributed by atoms with Crippen molar-refractivity contribution in [2.24, 2.45) is 4.99 Å². The third kappa shape index (κ3) is 4.53. The maximum absolute atomic E-state index is 11.4. The molecule has 0 atom stereocenters. The molecule has 0 unspecified atom stereocenters. The summed E-state index contributed by atoms with van der Waals surface area (Å²) in [6, 6.07) is 3.64. The Morgan fingerprint density at radius 2 is 1.47 bits per heavy atom. The molecule has 0 N–H and O–H groups in total. The summed E-state index contributed by atoms with van der Waals surface area (Å²) in [6.07, 6.45) is 1.10. The Morgan fingerprint density at radius 3 is 1.84 bits per heavy atom. The van der Waals surface area contributed by atoms with Crippen LogP contribution >= 0.6 is 0 Å². The molecule has 19 heavy (non-hydrogen) atoms. The van der Waals surface area contributed by atoms with Crippen molar-refractivity contribution in [1.29, 1.82) is 0 Å². The SMILES string of the molecule is CC(=O)Oc1cc(OC(C)=O)cc(C(=O)N=C=O)c1. The van der Waals surface area contributed by atoms with Gasteiger partial charge in [-0.15, -0.1) is 4.99 Å². The lowest BCUT2D eigenvalue weighted by molar-refractivity contribution is -0.132. The molecule has 0 aliphatic carbocycles. The summed E-state index contributed by atoms with van der Waals surface area (Å²) in [5, 5.41) is 0. The van der Waals surface area contributed by atoms with Gasteiger partial charge < -0.3 is 9.47 Å². The third-order valence-corrected chi connectivity index (χ3v) is 1.80. The van der Waals surface area contributed by atoms with E-state index in [0.717, 1.165) is 6.08 Å². The van der Waals surface area contributed by atoms with Crippen LogP contribution in [0.4, 0.5) is 0 Å². The molecule has 7 heteroatoms. The molecular weight excluding hydrogens is 254 g/mol. The summed E-state index contributed by atoms with van der Waals surface area (Å²) in [4.78, 5) is 46.1. The second kappa shape index (κ2) is 6.23. The fourth-order valence-electron chi connectivity index (χ4n) is 1.25. The molecule has 0 aromatic heterocycles. The number of hydrogen-bond donors (Lipinski definition) is 0. The number of carbonyl (C=O) groups is 3. The maximum Gasteiger partial charge on any atom is 0.308 e. The minimum absolute atomic E-state index is 0.00398. The highest BCUT2D eigenvalue weighted by Crippen LogP contribution is 2.24. The first-order valence-electron chi connectivity index (χ1n) is 5.06. The maximum atomic E-state index is 11.4. The summed E-state index contributed by atoms with van der Waals surface area (Å²) in [5.74, 6) is -2.13. The smallest absolute Gasteiger partial charge is 0.308 e. The molecule has 0 fully saturated rings. The molecule has 0 saturated carbocycles. The van der Waals surface area contributed by atoms with Crippen LogP contribution in [0, 0.1) is 0 Å². The zero-order valence-corrected chi connectivity index (χ0v) is 10.1. The van der Waals surface area contributed by atoms with Crippen molar-refractivity contribution in [3.05, 3.63) is 23.8 Å². The first-order valence-corrected chi connectivity index (χ1v) is 5.06. The number of esters is 2. The van der Waals surface area contributed by atoms with E-state index in [0.29, 0.717) is 0 Å². The van der Waals surface area contributed by atoms with Gasteiger partial charge in [-0.1, -0.05) is 0 Å². The Balaban J connectivity index is 3.22. The largest absolute Gasteiger partial charge is 0.427 e. The summed E-state index contributed by atoms with van der Waals surface area (Å²) in [5.41, 5.74) is -0.0710. The van der Waals surface area contributed by atoms with Gasteiger partial charge in [-0.3, -0.25) is 14.4 Å². The number of carbonyl (C=O) groups excluding carboxylic acids is 4. The van der Waals surface area contributed by atoms with Crippen LogP contribution in [0.3, 0.4) is 0 Å². The van der Waals surface area contributed by atoms with E-state index in [2.05, 4.69) is 4.99 Å². The lowest BCUT2D eigenvalue weighted by Crippen LogP contribution is -2.06. The molecule has 0 spiro atoms. The van der Waals surface area contributed by atoms with E-state index < -0.39 is 17.8 Å². The van der Waals surface area contributed by atoms with Crippen LogP contribution in [0.5, 0.6) is 11.5 Å². The molecule has 0 aliphatic heterocycles. The summed E-state index contributed by atoms with van der Waals surface area (Å²) >= 11 is 0. The minimum Gasteiger partial charge on any atom is -0.427 e. The van der Waals surface area contributed by atoms with Crippen LogP contribution in [-0.4, -0.2) is 23.9 Å². The summed E-state index contributed by atoms with van der Waals surface area (Å²) in [6.45, 7) is 2.34. The van der Waals surface area contributed by atoms with Crippen LogP contribution in [0.2, 0.25) is 0 Å². The highest BCUT2D eigenvalue weighted by atomic mass is 16.5. The van der Waals surface area contributed by atoms with E-state index in [9.17, 15) is 19.2 Å². The molecule has 7 nitrogen and oxygen atoms in total. The first kappa shape index (κ1) is 14.3. The van der Waals surface area contributed by atoms with E-state index in [4.69, 9.17) is 9.47 Å². The van der Waals surface area contributed by atoms with Crippen LogP contribution in [-0.2, 0) is 14.4 Å². The van der Waals surface area contributed by atoms with Gasteiger partial charge in [0.2, 0.25) is 6.08 Å². The lowest BCUT2D eigenvalue weighted by Gasteiger charge is -2.06. The highest BCUT2D eigenvalue weighted by Gasteiger charge is 2.12. The number of isocyanates is 1. The van der Waals surface area contributed by atoms with Crippen LogP contribution in [0.1, 0.15) is 24.2 Å². The molecule has 0 saturated heterocycles. The minimum atomic E-state index is -0.891. The predicted molar refractivity (Wildman–Crippen MR) is 61.5 cm³/mol. The molecule has 1 aromatic carbocycles. The standard InChI is InChI=1S/C12H9NO6/c1-7(15)18-10-3-9(12(17)13-6-14)4-11(5-10)19-8(2)16/h3-5H,1-2H3. The average molecular weight is 263 g/mol. The number of hydrogen-bond acceptors (Lipinski definition) is 6. The molecule has 0 aliphatic rings. The molecule has 1 amide bonds. The Morgan fingerprint density at radius 1 is 1.00 bits per heavy atom. The third-order valence-electron chi connectivity index (χ3n) is 1.80. The summed E-state index contributed by atoms with van der Waals surface area (Å²) < 4.78 is 9.57. The van der Waals surface area contributed by atoms with Gasteiger partial charge in [-0.25, -0.2) is 4.79 Å². The molecule has 1 rings (SSSR count). The van der Waals surface area contributed by atoms with E-state index in [1.54, 1.807) is 0 Å². The predicted octanol–water partition coefficient (Wildman–Crippen LogP) is 1.01. The van der Waals surface area contributed by atoms with E-state index in [1.165, 1.54) is 32.0 Å². The monoisotopic (exact) mass is 263 g/mol. The number of ether oxygens (including phenoxy) is 2. The Kier molecular flexibility index (Phi) is 4.68. The topological polar surface area (TPSA) is 99.1 Å². The van der Waals surface area contributed by atoms with Crippen LogP contribution < -0.4 is 9.47 Å². The molecule has 98 valence electrons. The van der Waals surface area contributed by atoms with Crippen molar-refractivity contribution >= 4 is 23.9 Å². The van der Waals surface area contributed by atoms with Crippen molar-refractivity contribution < 1.29 is 28.7 Å². The zero-order valence-electron chi connectivity index (χ0n) is 10.1. The molecular formula is C12H9NO6. The Hall–Kier alpha value is -2.79. The van der Waals surface area contributed by atoms with Crippen LogP contribution in [0.25, 0.3) is 0 Å². The van der Waals surface area contributed by atoms with Gasteiger partial charge in [-0.05, 0) is 12.1 Å². The first-order chi connectivity index (χ1) is 8.92. The van der Waals surface area contributed by atoms with Crippen LogP contribution in [0.15, 0.2) is 23.2 Å². The van der Waals surface area contributed by atoms with Gasteiger partial charge in [0, 0.05) is 25.5 Å². The van der Waals surface area contributed by atoms with Crippen molar-refractivity contribution in [3.8, 4) is 11.5 Å². The quantitative estimate of drug-likeness (QED) is 0.349. The number of benzene rings is 1. The van der Waals surface area contributed by atoms with Crippen molar-refractivity contribution in [1.82, 2.24) is 0 Å². The van der Waals surface area contributed by atoms with Gasteiger partial charge in [-0.2, -0.15) is 0 Å².